The Morgan fingerprint density at radius 1 is 0.933 bits per heavy atom. The average Bonchev–Trinajstić information content (AvgIpc) is 2.79. The van der Waals surface area contributed by atoms with E-state index in [1.807, 2.05) is 30.3 Å². The lowest BCUT2D eigenvalue weighted by molar-refractivity contribution is -0.129. The van der Waals surface area contributed by atoms with E-state index in [2.05, 4.69) is 11.4 Å². The number of benzene rings is 3. The van der Waals surface area contributed by atoms with Crippen LogP contribution in [0.4, 0.5) is 0 Å². The summed E-state index contributed by atoms with van der Waals surface area (Å²) in [5, 5.41) is 12.2. The van der Waals surface area contributed by atoms with Crippen LogP contribution in [0.3, 0.4) is 0 Å². The minimum atomic E-state index is -0.937. The van der Waals surface area contributed by atoms with Gasteiger partial charge in [0.15, 0.2) is 6.10 Å². The number of nitrogens with one attached hydrogen (secondary N) is 1. The zero-order valence-corrected chi connectivity index (χ0v) is 16.7. The molecule has 5 heteroatoms. The Morgan fingerprint density at radius 2 is 1.57 bits per heavy atom. The Hall–Kier alpha value is -3.91. The van der Waals surface area contributed by atoms with Crippen LogP contribution in [0.15, 0.2) is 78.9 Å². The molecule has 1 amide bonds. The third-order valence-corrected chi connectivity index (χ3v) is 4.69. The molecule has 1 N–H and O–H groups in total. The molecule has 0 heterocycles. The van der Waals surface area contributed by atoms with Crippen LogP contribution < -0.4 is 5.32 Å². The second-order valence-electron chi connectivity index (χ2n) is 6.78. The second kappa shape index (κ2) is 10.0. The molecule has 0 spiro atoms. The zero-order valence-electron chi connectivity index (χ0n) is 16.7. The highest BCUT2D eigenvalue weighted by atomic mass is 16.5. The Labute approximate surface area is 175 Å². The maximum atomic E-state index is 12.8. The van der Waals surface area contributed by atoms with E-state index in [0.717, 1.165) is 5.56 Å². The van der Waals surface area contributed by atoms with Gasteiger partial charge in [-0.2, -0.15) is 5.26 Å². The van der Waals surface area contributed by atoms with Crippen LogP contribution in [-0.4, -0.2) is 24.5 Å². The maximum absolute atomic E-state index is 12.8. The molecule has 5 nitrogen and oxygen atoms in total. The van der Waals surface area contributed by atoms with Crippen LogP contribution >= 0.6 is 0 Å². The molecule has 0 aliphatic heterocycles. The number of hydrogen-bond acceptors (Lipinski definition) is 4. The fourth-order valence-corrected chi connectivity index (χ4v) is 3.11. The highest BCUT2D eigenvalue weighted by Gasteiger charge is 2.21. The molecular formula is C25H22N2O3. The van der Waals surface area contributed by atoms with Gasteiger partial charge in [0.2, 0.25) is 0 Å². The molecule has 0 aliphatic rings. The summed E-state index contributed by atoms with van der Waals surface area (Å²) >= 11 is 0. The summed E-state index contributed by atoms with van der Waals surface area (Å²) in [6.45, 7) is 2.00. The molecule has 3 aromatic carbocycles. The minimum Gasteiger partial charge on any atom is -0.449 e. The first kappa shape index (κ1) is 20.8. The lowest BCUT2D eigenvalue weighted by Crippen LogP contribution is -2.37. The van der Waals surface area contributed by atoms with E-state index in [1.54, 1.807) is 55.5 Å². The molecule has 0 bridgehead atoms. The smallest absolute Gasteiger partial charge is 0.339 e. The maximum Gasteiger partial charge on any atom is 0.339 e. The normalized spacial score (nSPS) is 11.2. The summed E-state index contributed by atoms with van der Waals surface area (Å²) in [5.41, 5.74) is 3.13. The van der Waals surface area contributed by atoms with Crippen LogP contribution in [0.1, 0.15) is 28.4 Å². The van der Waals surface area contributed by atoms with Gasteiger partial charge in [-0.15, -0.1) is 0 Å². The van der Waals surface area contributed by atoms with Crippen molar-refractivity contribution in [3.63, 3.8) is 0 Å². The number of ether oxygens (including phenoxy) is 1. The quantitative estimate of drug-likeness (QED) is 0.607. The van der Waals surface area contributed by atoms with Crippen LogP contribution in [0.25, 0.3) is 11.1 Å². The molecule has 3 aromatic rings. The Kier molecular flexibility index (Phi) is 6.96. The summed E-state index contributed by atoms with van der Waals surface area (Å²) in [5.74, 6) is -0.960. The number of nitrogens with zero attached hydrogens (tertiary/aromatic N) is 1. The summed E-state index contributed by atoms with van der Waals surface area (Å²) in [7, 11) is 0. The van der Waals surface area contributed by atoms with Gasteiger partial charge in [0, 0.05) is 12.1 Å². The van der Waals surface area contributed by atoms with Crippen molar-refractivity contribution in [1.29, 1.82) is 5.26 Å². The highest BCUT2D eigenvalue weighted by molar-refractivity contribution is 5.99. The van der Waals surface area contributed by atoms with E-state index in [9.17, 15) is 14.9 Å². The number of amides is 1. The standard InChI is InChI=1S/C25H22N2O3/c1-18(24(28)27-16-15-19-9-3-2-4-10-19)30-25(29)23-14-8-7-13-22(23)21-12-6-5-11-20(21)17-26/h2-14,18H,15-16H2,1H3,(H,27,28)/t18-/m0/s1. The average molecular weight is 398 g/mol. The first-order chi connectivity index (χ1) is 14.6. The van der Waals surface area contributed by atoms with Crippen molar-refractivity contribution in [1.82, 2.24) is 5.32 Å². The van der Waals surface area contributed by atoms with Crippen molar-refractivity contribution in [2.45, 2.75) is 19.4 Å². The van der Waals surface area contributed by atoms with E-state index >= 15 is 0 Å². The number of hydrogen-bond donors (Lipinski definition) is 1. The fraction of sp³-hybridized carbons (Fsp3) is 0.160. The van der Waals surface area contributed by atoms with E-state index in [0.29, 0.717) is 35.2 Å². The van der Waals surface area contributed by atoms with Crippen LogP contribution in [-0.2, 0) is 16.0 Å². The van der Waals surface area contributed by atoms with Gasteiger partial charge in [-0.3, -0.25) is 4.79 Å². The Morgan fingerprint density at radius 3 is 2.30 bits per heavy atom. The number of carbonyl (C=O) groups is 2. The molecule has 1 atom stereocenters. The Bertz CT molecular complexity index is 1070. The van der Waals surface area contributed by atoms with Crippen molar-refractivity contribution in [2.24, 2.45) is 0 Å². The molecular weight excluding hydrogens is 376 g/mol. The molecule has 0 saturated carbocycles. The van der Waals surface area contributed by atoms with Crippen LogP contribution in [0, 0.1) is 11.3 Å². The van der Waals surface area contributed by atoms with Crippen molar-refractivity contribution in [2.75, 3.05) is 6.54 Å². The van der Waals surface area contributed by atoms with Gasteiger partial charge in [-0.05, 0) is 36.6 Å². The summed E-state index contributed by atoms with van der Waals surface area (Å²) in [6, 6.07) is 25.9. The predicted octanol–water partition coefficient (Wildman–Crippen LogP) is 4.13. The minimum absolute atomic E-state index is 0.309. The molecule has 0 radical (unpaired) electrons. The van der Waals surface area contributed by atoms with Gasteiger partial charge in [-0.1, -0.05) is 66.7 Å². The van der Waals surface area contributed by atoms with Crippen LogP contribution in [0.2, 0.25) is 0 Å². The topological polar surface area (TPSA) is 79.2 Å². The van der Waals surface area contributed by atoms with E-state index in [-0.39, 0.29) is 5.91 Å². The van der Waals surface area contributed by atoms with E-state index in [1.165, 1.54) is 0 Å². The molecule has 0 saturated heterocycles. The summed E-state index contributed by atoms with van der Waals surface area (Å²) in [6.07, 6.45) is -0.242. The monoisotopic (exact) mass is 398 g/mol. The highest BCUT2D eigenvalue weighted by Crippen LogP contribution is 2.27. The first-order valence-corrected chi connectivity index (χ1v) is 9.71. The number of carbonyl (C=O) groups excluding carboxylic acids is 2. The van der Waals surface area contributed by atoms with Crippen LogP contribution in [0.5, 0.6) is 0 Å². The molecule has 30 heavy (non-hydrogen) atoms. The number of rotatable bonds is 7. The molecule has 3 rings (SSSR count). The fourth-order valence-electron chi connectivity index (χ4n) is 3.11. The van der Waals surface area contributed by atoms with Gasteiger partial charge < -0.3 is 10.1 Å². The molecule has 0 fully saturated rings. The van der Waals surface area contributed by atoms with Gasteiger partial charge in [-0.25, -0.2) is 4.79 Å². The van der Waals surface area contributed by atoms with Gasteiger partial charge in [0.05, 0.1) is 17.2 Å². The van der Waals surface area contributed by atoms with E-state index in [4.69, 9.17) is 4.74 Å². The third kappa shape index (κ3) is 5.12. The zero-order chi connectivity index (χ0) is 21.3. The van der Waals surface area contributed by atoms with Crippen molar-refractivity contribution in [3.05, 3.63) is 95.6 Å². The lowest BCUT2D eigenvalue weighted by atomic mass is 9.96. The lowest BCUT2D eigenvalue weighted by Gasteiger charge is -2.15. The van der Waals surface area contributed by atoms with Gasteiger partial charge in [0.25, 0.3) is 5.91 Å². The second-order valence-corrected chi connectivity index (χ2v) is 6.78. The number of esters is 1. The molecule has 0 aliphatic carbocycles. The largest absolute Gasteiger partial charge is 0.449 e. The van der Waals surface area contributed by atoms with Crippen molar-refractivity contribution >= 4 is 11.9 Å². The van der Waals surface area contributed by atoms with Gasteiger partial charge in [0.1, 0.15) is 0 Å². The SMILES string of the molecule is C[C@H](OC(=O)c1ccccc1-c1ccccc1C#N)C(=O)NCCc1ccccc1. The van der Waals surface area contributed by atoms with Gasteiger partial charge >= 0.3 is 5.97 Å². The molecule has 0 unspecified atom stereocenters. The first-order valence-electron chi connectivity index (χ1n) is 9.71. The Balaban J connectivity index is 1.66. The number of nitriles is 1. The van der Waals surface area contributed by atoms with E-state index < -0.39 is 12.1 Å². The predicted molar refractivity (Wildman–Crippen MR) is 115 cm³/mol. The van der Waals surface area contributed by atoms with Crippen molar-refractivity contribution in [3.8, 4) is 17.2 Å². The molecule has 150 valence electrons. The van der Waals surface area contributed by atoms with Crippen molar-refractivity contribution < 1.29 is 14.3 Å². The third-order valence-electron chi connectivity index (χ3n) is 4.69. The molecule has 0 aromatic heterocycles. The summed E-state index contributed by atoms with van der Waals surface area (Å²) < 4.78 is 5.40. The summed E-state index contributed by atoms with van der Waals surface area (Å²) in [4.78, 5) is 25.1.